The van der Waals surface area contributed by atoms with Gasteiger partial charge in [0.1, 0.15) is 0 Å². The fraction of sp³-hybridized carbons (Fsp3) is 0.462. The summed E-state index contributed by atoms with van der Waals surface area (Å²) in [5.41, 5.74) is 1.77. The van der Waals surface area contributed by atoms with Crippen LogP contribution >= 0.6 is 23.4 Å². The van der Waals surface area contributed by atoms with Gasteiger partial charge in [0.25, 0.3) is 0 Å². The molecule has 3 nitrogen and oxygen atoms in total. The van der Waals surface area contributed by atoms with Crippen molar-refractivity contribution in [3.8, 4) is 0 Å². The summed E-state index contributed by atoms with van der Waals surface area (Å²) in [4.78, 5) is 11.8. The number of amides is 1. The van der Waals surface area contributed by atoms with E-state index < -0.39 is 0 Å². The van der Waals surface area contributed by atoms with Gasteiger partial charge < -0.3 is 10.6 Å². The second-order valence-electron chi connectivity index (χ2n) is 4.24. The second kappa shape index (κ2) is 7.67. The average molecular weight is 287 g/mol. The Bertz CT molecular complexity index is 412. The molecule has 0 saturated heterocycles. The third kappa shape index (κ3) is 5.29. The van der Waals surface area contributed by atoms with E-state index >= 15 is 0 Å². The van der Waals surface area contributed by atoms with Gasteiger partial charge in [0, 0.05) is 22.5 Å². The summed E-state index contributed by atoms with van der Waals surface area (Å²) in [5, 5.41) is 6.65. The largest absolute Gasteiger partial charge is 0.325 e. The Balaban J connectivity index is 2.47. The molecule has 0 saturated carbocycles. The van der Waals surface area contributed by atoms with E-state index in [-0.39, 0.29) is 5.91 Å². The summed E-state index contributed by atoms with van der Waals surface area (Å²) in [7, 11) is 0. The van der Waals surface area contributed by atoms with Crippen LogP contribution in [0.1, 0.15) is 12.5 Å². The zero-order valence-corrected chi connectivity index (χ0v) is 12.5. The number of carbonyl (C=O) groups excluding carboxylic acids is 1. The molecule has 0 heterocycles. The molecular weight excluding hydrogens is 268 g/mol. The maximum absolute atomic E-state index is 11.8. The van der Waals surface area contributed by atoms with E-state index in [0.717, 1.165) is 17.0 Å². The predicted octanol–water partition coefficient (Wildman–Crippen LogP) is 2.93. The topological polar surface area (TPSA) is 41.1 Å². The van der Waals surface area contributed by atoms with Crippen LogP contribution in [0, 0.1) is 6.92 Å². The van der Waals surface area contributed by atoms with Crippen molar-refractivity contribution in [3.63, 3.8) is 0 Å². The summed E-state index contributed by atoms with van der Waals surface area (Å²) in [6.07, 6.45) is 2.05. The van der Waals surface area contributed by atoms with Gasteiger partial charge in [-0.25, -0.2) is 0 Å². The van der Waals surface area contributed by atoms with Gasteiger partial charge in [-0.1, -0.05) is 17.7 Å². The minimum atomic E-state index is -0.0479. The average Bonchev–Trinajstić information content (AvgIpc) is 2.32. The summed E-state index contributed by atoms with van der Waals surface area (Å²) >= 11 is 7.66. The first-order chi connectivity index (χ1) is 8.52. The van der Waals surface area contributed by atoms with Crippen molar-refractivity contribution in [1.82, 2.24) is 5.32 Å². The Labute approximate surface area is 118 Å². The lowest BCUT2D eigenvalue weighted by atomic mass is 10.2. The van der Waals surface area contributed by atoms with Crippen LogP contribution in [0.2, 0.25) is 5.02 Å². The van der Waals surface area contributed by atoms with E-state index in [1.165, 1.54) is 0 Å². The summed E-state index contributed by atoms with van der Waals surface area (Å²) in [6, 6.07) is 5.79. The van der Waals surface area contributed by atoms with Crippen molar-refractivity contribution in [2.24, 2.45) is 0 Å². The van der Waals surface area contributed by atoms with Crippen LogP contribution in [0.3, 0.4) is 0 Å². The molecule has 0 radical (unpaired) electrons. The molecule has 5 heteroatoms. The normalized spacial score (nSPS) is 12.2. The molecule has 2 N–H and O–H groups in total. The highest BCUT2D eigenvalue weighted by Gasteiger charge is 2.07. The summed E-state index contributed by atoms with van der Waals surface area (Å²) in [5.74, 6) is 0.942. The Kier molecular flexibility index (Phi) is 6.54. The van der Waals surface area contributed by atoms with Crippen LogP contribution in [0.15, 0.2) is 18.2 Å². The number of hydrogen-bond acceptors (Lipinski definition) is 3. The van der Waals surface area contributed by atoms with E-state index in [4.69, 9.17) is 11.6 Å². The molecule has 1 atom stereocenters. The van der Waals surface area contributed by atoms with E-state index in [1.807, 2.05) is 25.3 Å². The van der Waals surface area contributed by atoms with Crippen LogP contribution in [-0.2, 0) is 4.79 Å². The molecule has 1 unspecified atom stereocenters. The number of halogens is 1. The van der Waals surface area contributed by atoms with E-state index in [1.54, 1.807) is 17.8 Å². The molecule has 0 aliphatic carbocycles. The Morgan fingerprint density at radius 2 is 2.22 bits per heavy atom. The summed E-state index contributed by atoms with van der Waals surface area (Å²) < 4.78 is 0. The van der Waals surface area contributed by atoms with E-state index in [0.29, 0.717) is 17.6 Å². The number of anilines is 1. The van der Waals surface area contributed by atoms with E-state index in [9.17, 15) is 4.79 Å². The molecule has 0 aliphatic rings. The monoisotopic (exact) mass is 286 g/mol. The third-order valence-electron chi connectivity index (χ3n) is 2.50. The lowest BCUT2D eigenvalue weighted by Gasteiger charge is -2.13. The number of carbonyl (C=O) groups is 1. The van der Waals surface area contributed by atoms with Gasteiger partial charge in [-0.2, -0.15) is 11.8 Å². The van der Waals surface area contributed by atoms with Crippen molar-refractivity contribution in [2.75, 3.05) is 23.9 Å². The molecule has 0 aliphatic heterocycles. The van der Waals surface area contributed by atoms with Crippen LogP contribution < -0.4 is 10.6 Å². The fourth-order valence-electron chi connectivity index (χ4n) is 1.50. The predicted molar refractivity (Wildman–Crippen MR) is 80.7 cm³/mol. The van der Waals surface area contributed by atoms with Crippen molar-refractivity contribution < 1.29 is 4.79 Å². The Morgan fingerprint density at radius 3 is 2.89 bits per heavy atom. The number of hydrogen-bond donors (Lipinski definition) is 2. The quantitative estimate of drug-likeness (QED) is 0.845. The zero-order chi connectivity index (χ0) is 13.5. The highest BCUT2D eigenvalue weighted by atomic mass is 35.5. The molecule has 0 fully saturated rings. The van der Waals surface area contributed by atoms with Crippen molar-refractivity contribution in [2.45, 2.75) is 19.9 Å². The molecule has 100 valence electrons. The Morgan fingerprint density at radius 1 is 1.50 bits per heavy atom. The highest BCUT2D eigenvalue weighted by Crippen LogP contribution is 2.19. The zero-order valence-electron chi connectivity index (χ0n) is 10.9. The van der Waals surface area contributed by atoms with Crippen LogP contribution in [0.4, 0.5) is 5.69 Å². The van der Waals surface area contributed by atoms with Gasteiger partial charge in [-0.05, 0) is 37.8 Å². The van der Waals surface area contributed by atoms with Crippen LogP contribution in [0.5, 0.6) is 0 Å². The van der Waals surface area contributed by atoms with Gasteiger partial charge >= 0.3 is 0 Å². The number of aryl methyl sites for hydroxylation is 1. The lowest BCUT2D eigenvalue weighted by Crippen LogP contribution is -2.35. The fourth-order valence-corrected chi connectivity index (χ4v) is 2.29. The molecule has 1 rings (SSSR count). The molecule has 0 spiro atoms. The highest BCUT2D eigenvalue weighted by molar-refractivity contribution is 7.98. The lowest BCUT2D eigenvalue weighted by molar-refractivity contribution is -0.115. The molecule has 1 aromatic rings. The van der Waals surface area contributed by atoms with Crippen LogP contribution in [0.25, 0.3) is 0 Å². The molecule has 0 bridgehead atoms. The summed E-state index contributed by atoms with van der Waals surface area (Å²) in [6.45, 7) is 4.32. The first-order valence-corrected chi connectivity index (χ1v) is 7.58. The van der Waals surface area contributed by atoms with Gasteiger partial charge in [0.2, 0.25) is 5.91 Å². The van der Waals surface area contributed by atoms with Gasteiger partial charge in [-0.3, -0.25) is 4.79 Å². The molecule has 0 aromatic heterocycles. The molecule has 18 heavy (non-hydrogen) atoms. The minimum absolute atomic E-state index is 0.0479. The van der Waals surface area contributed by atoms with Gasteiger partial charge in [0.05, 0.1) is 6.54 Å². The molecule has 1 aromatic carbocycles. The third-order valence-corrected chi connectivity index (χ3v) is 3.57. The minimum Gasteiger partial charge on any atom is -0.325 e. The standard InChI is InChI=1S/C13H19ClN2OS/c1-9-4-5-11(14)6-12(9)16-13(17)7-15-10(2)8-18-3/h4-6,10,15H,7-8H2,1-3H3,(H,16,17). The van der Waals surface area contributed by atoms with Crippen molar-refractivity contribution in [1.29, 1.82) is 0 Å². The number of nitrogens with one attached hydrogen (secondary N) is 2. The second-order valence-corrected chi connectivity index (χ2v) is 5.59. The van der Waals surface area contributed by atoms with E-state index in [2.05, 4.69) is 17.6 Å². The van der Waals surface area contributed by atoms with Gasteiger partial charge in [0.15, 0.2) is 0 Å². The van der Waals surface area contributed by atoms with Crippen molar-refractivity contribution >= 4 is 35.0 Å². The number of rotatable bonds is 6. The first-order valence-electron chi connectivity index (χ1n) is 5.81. The first kappa shape index (κ1) is 15.3. The maximum Gasteiger partial charge on any atom is 0.238 e. The Hall–Kier alpha value is -0.710. The molecular formula is C13H19ClN2OS. The smallest absolute Gasteiger partial charge is 0.238 e. The number of benzene rings is 1. The van der Waals surface area contributed by atoms with Crippen molar-refractivity contribution in [3.05, 3.63) is 28.8 Å². The van der Waals surface area contributed by atoms with Crippen LogP contribution in [-0.4, -0.2) is 30.5 Å². The molecule has 1 amide bonds. The maximum atomic E-state index is 11.8. The number of thioether (sulfide) groups is 1. The van der Waals surface area contributed by atoms with Gasteiger partial charge in [-0.15, -0.1) is 0 Å². The SMILES string of the molecule is CSCC(C)NCC(=O)Nc1cc(Cl)ccc1C.